The lowest BCUT2D eigenvalue weighted by Crippen LogP contribution is -2.35. The van der Waals surface area contributed by atoms with Crippen molar-refractivity contribution in [3.63, 3.8) is 0 Å². The Hall–Kier alpha value is -1.44. The molecule has 1 aliphatic heterocycles. The van der Waals surface area contributed by atoms with Crippen molar-refractivity contribution in [3.8, 4) is 0 Å². The van der Waals surface area contributed by atoms with Crippen LogP contribution < -0.4 is 5.32 Å². The summed E-state index contributed by atoms with van der Waals surface area (Å²) >= 11 is 3.09. The maximum atomic E-state index is 12.3. The highest BCUT2D eigenvalue weighted by Crippen LogP contribution is 2.28. The molecule has 0 aliphatic carbocycles. The first-order chi connectivity index (χ1) is 11.7. The summed E-state index contributed by atoms with van der Waals surface area (Å²) in [6, 6.07) is 1.95. The normalized spacial score (nSPS) is 17.0. The monoisotopic (exact) mass is 362 g/mol. The summed E-state index contributed by atoms with van der Waals surface area (Å²) in [5, 5.41) is 5.06. The number of nitrogens with one attached hydrogen (secondary N) is 1. The SMILES string of the molecule is CC1CCN(CCCNC(=O)c2cc3c(nc4sccn43)s2)CC1. The van der Waals surface area contributed by atoms with E-state index in [-0.39, 0.29) is 5.91 Å². The fourth-order valence-electron chi connectivity index (χ4n) is 3.24. The molecule has 1 saturated heterocycles. The zero-order valence-corrected chi connectivity index (χ0v) is 15.5. The molecule has 0 aromatic carbocycles. The number of carbonyl (C=O) groups excluding carboxylic acids is 1. The third-order valence-corrected chi connectivity index (χ3v) is 6.55. The minimum absolute atomic E-state index is 0.0224. The minimum Gasteiger partial charge on any atom is -0.351 e. The Bertz CT molecular complexity index is 841. The molecule has 7 heteroatoms. The largest absolute Gasteiger partial charge is 0.351 e. The smallest absolute Gasteiger partial charge is 0.261 e. The fraction of sp³-hybridized carbons (Fsp3) is 0.529. The molecular weight excluding hydrogens is 340 g/mol. The molecule has 3 aromatic rings. The lowest BCUT2D eigenvalue weighted by Gasteiger charge is -2.30. The van der Waals surface area contributed by atoms with Gasteiger partial charge in [-0.1, -0.05) is 6.92 Å². The Morgan fingerprint density at radius 3 is 3.08 bits per heavy atom. The number of amides is 1. The van der Waals surface area contributed by atoms with Crippen molar-refractivity contribution in [1.29, 1.82) is 0 Å². The average molecular weight is 363 g/mol. The first-order valence-corrected chi connectivity index (χ1v) is 10.3. The standard InChI is InChI=1S/C17H22N4OS2/c1-12-3-7-20(8-4-12)6-2-5-18-15(22)14-11-13-16(24-14)19-17-21(13)9-10-23-17/h9-12H,2-8H2,1H3,(H,18,22). The van der Waals surface area contributed by atoms with Crippen LogP contribution in [0.2, 0.25) is 0 Å². The molecule has 4 heterocycles. The van der Waals surface area contributed by atoms with Gasteiger partial charge in [0.05, 0.1) is 10.4 Å². The number of nitrogens with zero attached hydrogens (tertiary/aromatic N) is 3. The summed E-state index contributed by atoms with van der Waals surface area (Å²) in [5.41, 5.74) is 1.03. The Kier molecular flexibility index (Phi) is 4.56. The van der Waals surface area contributed by atoms with E-state index in [9.17, 15) is 4.79 Å². The van der Waals surface area contributed by atoms with Crippen LogP contribution in [0.5, 0.6) is 0 Å². The zero-order valence-electron chi connectivity index (χ0n) is 13.8. The highest BCUT2D eigenvalue weighted by molar-refractivity contribution is 7.21. The predicted molar refractivity (Wildman–Crippen MR) is 100 cm³/mol. The van der Waals surface area contributed by atoms with E-state index in [1.807, 2.05) is 22.0 Å². The highest BCUT2D eigenvalue weighted by atomic mass is 32.1. The van der Waals surface area contributed by atoms with Crippen LogP contribution in [0, 0.1) is 5.92 Å². The molecule has 128 valence electrons. The molecule has 1 fully saturated rings. The minimum atomic E-state index is 0.0224. The Morgan fingerprint density at radius 2 is 2.25 bits per heavy atom. The van der Waals surface area contributed by atoms with E-state index in [1.165, 1.54) is 37.3 Å². The van der Waals surface area contributed by atoms with Crippen molar-refractivity contribution >= 4 is 43.9 Å². The first kappa shape index (κ1) is 16.1. The number of thiazole rings is 1. The van der Waals surface area contributed by atoms with Gasteiger partial charge in [0.25, 0.3) is 5.91 Å². The van der Waals surface area contributed by atoms with Crippen LogP contribution in [0.15, 0.2) is 17.6 Å². The Balaban J connectivity index is 1.29. The van der Waals surface area contributed by atoms with E-state index in [4.69, 9.17) is 0 Å². The van der Waals surface area contributed by atoms with E-state index in [0.29, 0.717) is 0 Å². The lowest BCUT2D eigenvalue weighted by atomic mass is 9.99. The zero-order chi connectivity index (χ0) is 16.5. The molecule has 0 saturated carbocycles. The Morgan fingerprint density at radius 1 is 1.42 bits per heavy atom. The number of fused-ring (bicyclic) bond motifs is 3. The summed E-state index contributed by atoms with van der Waals surface area (Å²) in [4.78, 5) is 22.1. The maximum Gasteiger partial charge on any atom is 0.261 e. The van der Waals surface area contributed by atoms with Gasteiger partial charge in [-0.05, 0) is 50.9 Å². The molecule has 0 bridgehead atoms. The van der Waals surface area contributed by atoms with Gasteiger partial charge in [0, 0.05) is 18.1 Å². The molecule has 1 aliphatic rings. The second kappa shape index (κ2) is 6.82. The number of thiophene rings is 1. The van der Waals surface area contributed by atoms with Crippen molar-refractivity contribution in [2.24, 2.45) is 5.92 Å². The number of piperidine rings is 1. The molecule has 1 N–H and O–H groups in total. The Labute approximate surface area is 149 Å². The van der Waals surface area contributed by atoms with Crippen LogP contribution >= 0.6 is 22.7 Å². The van der Waals surface area contributed by atoms with Crippen molar-refractivity contribution in [2.75, 3.05) is 26.2 Å². The van der Waals surface area contributed by atoms with Gasteiger partial charge in [-0.25, -0.2) is 4.98 Å². The number of imidazole rings is 1. The van der Waals surface area contributed by atoms with Crippen LogP contribution in [0.25, 0.3) is 15.3 Å². The molecule has 24 heavy (non-hydrogen) atoms. The molecule has 4 rings (SSSR count). The maximum absolute atomic E-state index is 12.3. The summed E-state index contributed by atoms with van der Waals surface area (Å²) in [6.45, 7) is 6.56. The predicted octanol–water partition coefficient (Wildman–Crippen LogP) is 3.46. The number of aromatic nitrogens is 2. The quantitative estimate of drug-likeness (QED) is 0.707. The molecule has 0 unspecified atom stereocenters. The van der Waals surface area contributed by atoms with Gasteiger partial charge in [0.2, 0.25) is 0 Å². The topological polar surface area (TPSA) is 49.6 Å². The van der Waals surface area contributed by atoms with Crippen LogP contribution in [0.4, 0.5) is 0 Å². The molecule has 5 nitrogen and oxygen atoms in total. The molecule has 0 spiro atoms. The average Bonchev–Trinajstić information content (AvgIpc) is 3.24. The van der Waals surface area contributed by atoms with Gasteiger partial charge in [-0.2, -0.15) is 0 Å². The summed E-state index contributed by atoms with van der Waals surface area (Å²) in [6.07, 6.45) is 5.62. The van der Waals surface area contributed by atoms with Crippen LogP contribution in [0.1, 0.15) is 35.9 Å². The summed E-state index contributed by atoms with van der Waals surface area (Å²) < 4.78 is 2.05. The first-order valence-electron chi connectivity index (χ1n) is 8.56. The summed E-state index contributed by atoms with van der Waals surface area (Å²) in [5.74, 6) is 0.892. The van der Waals surface area contributed by atoms with E-state index in [1.54, 1.807) is 11.3 Å². The third kappa shape index (κ3) is 3.20. The van der Waals surface area contributed by atoms with Gasteiger partial charge >= 0.3 is 0 Å². The van der Waals surface area contributed by atoms with Gasteiger partial charge < -0.3 is 10.2 Å². The van der Waals surface area contributed by atoms with Gasteiger partial charge in [0.1, 0.15) is 4.83 Å². The van der Waals surface area contributed by atoms with Gasteiger partial charge in [-0.15, -0.1) is 22.7 Å². The van der Waals surface area contributed by atoms with Crippen molar-refractivity contribution in [1.82, 2.24) is 19.6 Å². The molecule has 3 aromatic heterocycles. The van der Waals surface area contributed by atoms with Crippen molar-refractivity contribution in [3.05, 3.63) is 22.5 Å². The number of rotatable bonds is 5. The molecule has 1 amide bonds. The van der Waals surface area contributed by atoms with Crippen LogP contribution in [-0.2, 0) is 0 Å². The highest BCUT2D eigenvalue weighted by Gasteiger charge is 2.16. The fourth-order valence-corrected chi connectivity index (χ4v) is 4.95. The lowest BCUT2D eigenvalue weighted by molar-refractivity contribution is 0.0954. The second-order valence-electron chi connectivity index (χ2n) is 6.60. The third-order valence-electron chi connectivity index (χ3n) is 4.78. The number of hydrogen-bond donors (Lipinski definition) is 1. The molecular formula is C17H22N4OS2. The number of carbonyl (C=O) groups is 1. The second-order valence-corrected chi connectivity index (χ2v) is 8.51. The summed E-state index contributed by atoms with van der Waals surface area (Å²) in [7, 11) is 0. The molecule has 0 atom stereocenters. The van der Waals surface area contributed by atoms with E-state index in [0.717, 1.165) is 45.6 Å². The van der Waals surface area contributed by atoms with Crippen LogP contribution in [-0.4, -0.2) is 46.4 Å². The van der Waals surface area contributed by atoms with Gasteiger partial charge in [0.15, 0.2) is 4.96 Å². The van der Waals surface area contributed by atoms with E-state index >= 15 is 0 Å². The van der Waals surface area contributed by atoms with Crippen molar-refractivity contribution < 1.29 is 4.79 Å². The van der Waals surface area contributed by atoms with Gasteiger partial charge in [-0.3, -0.25) is 9.20 Å². The number of hydrogen-bond acceptors (Lipinski definition) is 5. The number of likely N-dealkylation sites (tertiary alicyclic amines) is 1. The van der Waals surface area contributed by atoms with E-state index in [2.05, 4.69) is 22.1 Å². The van der Waals surface area contributed by atoms with E-state index < -0.39 is 0 Å². The molecule has 0 radical (unpaired) electrons. The van der Waals surface area contributed by atoms with Crippen molar-refractivity contribution in [2.45, 2.75) is 26.2 Å². The van der Waals surface area contributed by atoms with Crippen LogP contribution in [0.3, 0.4) is 0 Å².